The van der Waals surface area contributed by atoms with E-state index in [4.69, 9.17) is 5.26 Å². The molecule has 0 aliphatic rings. The van der Waals surface area contributed by atoms with E-state index in [9.17, 15) is 0 Å². The van der Waals surface area contributed by atoms with Gasteiger partial charge in [-0.1, -0.05) is 12.1 Å². The Hall–Kier alpha value is -1.86. The number of benzene rings is 1. The van der Waals surface area contributed by atoms with Crippen LogP contribution in [0.3, 0.4) is 0 Å². The summed E-state index contributed by atoms with van der Waals surface area (Å²) in [4.78, 5) is 5.69. The highest BCUT2D eigenvalue weighted by Gasteiger charge is 2.19. The van der Waals surface area contributed by atoms with Crippen LogP contribution in [-0.2, 0) is 12.0 Å². The second kappa shape index (κ2) is 5.64. The Morgan fingerprint density at radius 2 is 1.90 bits per heavy atom. The van der Waals surface area contributed by atoms with Gasteiger partial charge in [-0.2, -0.15) is 5.26 Å². The molecule has 0 saturated carbocycles. The van der Waals surface area contributed by atoms with Gasteiger partial charge in [0.1, 0.15) is 0 Å². The average molecular weight is 285 g/mol. The highest BCUT2D eigenvalue weighted by atomic mass is 32.1. The van der Waals surface area contributed by atoms with E-state index >= 15 is 0 Å². The number of nitrogens with zero attached hydrogens (tertiary/aromatic N) is 2. The van der Waals surface area contributed by atoms with Crippen LogP contribution in [0.25, 0.3) is 0 Å². The fourth-order valence-electron chi connectivity index (χ4n) is 1.99. The molecule has 0 spiro atoms. The predicted molar refractivity (Wildman–Crippen MR) is 84.0 cm³/mol. The van der Waals surface area contributed by atoms with Crippen LogP contribution in [0.4, 0.5) is 5.69 Å². The Morgan fingerprint density at radius 1 is 1.25 bits per heavy atom. The van der Waals surface area contributed by atoms with Crippen molar-refractivity contribution in [2.75, 3.05) is 5.32 Å². The smallest absolute Gasteiger partial charge is 0.0900 e. The van der Waals surface area contributed by atoms with Gasteiger partial charge >= 0.3 is 0 Å². The van der Waals surface area contributed by atoms with Gasteiger partial charge in [-0.25, -0.2) is 4.98 Å². The van der Waals surface area contributed by atoms with Gasteiger partial charge < -0.3 is 5.32 Å². The molecule has 1 heterocycles. The van der Waals surface area contributed by atoms with Crippen LogP contribution < -0.4 is 5.32 Å². The van der Waals surface area contributed by atoms with Crippen LogP contribution in [0.15, 0.2) is 24.3 Å². The van der Waals surface area contributed by atoms with E-state index < -0.39 is 5.41 Å². The van der Waals surface area contributed by atoms with E-state index in [0.717, 1.165) is 28.5 Å². The maximum atomic E-state index is 9.13. The van der Waals surface area contributed by atoms with Gasteiger partial charge in [0.15, 0.2) is 0 Å². The molecule has 0 amide bonds. The van der Waals surface area contributed by atoms with Crippen molar-refractivity contribution in [3.63, 3.8) is 0 Å². The highest BCUT2D eigenvalue weighted by molar-refractivity contribution is 7.11. The normalized spacial score (nSPS) is 11.2. The summed E-state index contributed by atoms with van der Waals surface area (Å²) >= 11 is 1.73. The maximum Gasteiger partial charge on any atom is 0.0900 e. The SMILES string of the molecule is Cc1nc(C)c(CNc2ccc(C(C)(C)C#N)cc2)s1. The summed E-state index contributed by atoms with van der Waals surface area (Å²) in [6.07, 6.45) is 0. The van der Waals surface area contributed by atoms with Gasteiger partial charge in [0.2, 0.25) is 0 Å². The van der Waals surface area contributed by atoms with E-state index in [0.29, 0.717) is 0 Å². The van der Waals surface area contributed by atoms with Crippen LogP contribution in [0.2, 0.25) is 0 Å². The molecule has 0 radical (unpaired) electrons. The Kier molecular flexibility index (Phi) is 4.10. The molecule has 0 atom stereocenters. The quantitative estimate of drug-likeness (QED) is 0.917. The number of rotatable bonds is 4. The maximum absolute atomic E-state index is 9.13. The summed E-state index contributed by atoms with van der Waals surface area (Å²) in [7, 11) is 0. The molecule has 0 saturated heterocycles. The molecular weight excluding hydrogens is 266 g/mol. The van der Waals surface area contributed by atoms with Crippen molar-refractivity contribution in [2.24, 2.45) is 0 Å². The second-order valence-corrected chi connectivity index (χ2v) is 6.70. The molecule has 0 bridgehead atoms. The monoisotopic (exact) mass is 285 g/mol. The standard InChI is InChI=1S/C16H19N3S/c1-11-15(20-12(2)19-11)9-18-14-7-5-13(6-8-14)16(3,4)10-17/h5-8,18H,9H2,1-4H3. The predicted octanol–water partition coefficient (Wildman–Crippen LogP) is 4.17. The number of aromatic nitrogens is 1. The number of hydrogen-bond donors (Lipinski definition) is 1. The topological polar surface area (TPSA) is 48.7 Å². The molecule has 4 heteroatoms. The van der Waals surface area contributed by atoms with Crippen molar-refractivity contribution >= 4 is 17.0 Å². The highest BCUT2D eigenvalue weighted by Crippen LogP contribution is 2.24. The van der Waals surface area contributed by atoms with Crippen LogP contribution in [0, 0.1) is 25.2 Å². The molecule has 0 aliphatic heterocycles. The van der Waals surface area contributed by atoms with E-state index in [2.05, 4.69) is 16.4 Å². The summed E-state index contributed by atoms with van der Waals surface area (Å²) in [5, 5.41) is 13.6. The summed E-state index contributed by atoms with van der Waals surface area (Å²) < 4.78 is 0. The van der Waals surface area contributed by atoms with Gasteiger partial charge in [-0.3, -0.25) is 0 Å². The van der Waals surface area contributed by atoms with Gasteiger partial charge in [0.25, 0.3) is 0 Å². The summed E-state index contributed by atoms with van der Waals surface area (Å²) in [6, 6.07) is 10.4. The fraction of sp³-hybridized carbons (Fsp3) is 0.375. The van der Waals surface area contributed by atoms with Crippen molar-refractivity contribution in [2.45, 2.75) is 39.7 Å². The number of nitriles is 1. The third-order valence-corrected chi connectivity index (χ3v) is 4.41. The zero-order valence-corrected chi connectivity index (χ0v) is 13.1. The average Bonchev–Trinajstić information content (AvgIpc) is 2.75. The Labute approximate surface area is 124 Å². The summed E-state index contributed by atoms with van der Waals surface area (Å²) in [6.45, 7) is 8.72. The minimum atomic E-state index is -0.441. The Balaban J connectivity index is 2.05. The number of hydrogen-bond acceptors (Lipinski definition) is 4. The molecule has 0 aliphatic carbocycles. The molecule has 1 N–H and O–H groups in total. The van der Waals surface area contributed by atoms with Crippen LogP contribution >= 0.6 is 11.3 Å². The van der Waals surface area contributed by atoms with Gasteiger partial charge in [0.05, 0.1) is 28.7 Å². The van der Waals surface area contributed by atoms with Crippen LogP contribution in [0.1, 0.15) is 35.0 Å². The molecule has 0 fully saturated rings. The third kappa shape index (κ3) is 3.17. The van der Waals surface area contributed by atoms with Gasteiger partial charge in [0, 0.05) is 10.6 Å². The number of nitrogens with one attached hydrogen (secondary N) is 1. The summed E-state index contributed by atoms with van der Waals surface area (Å²) in [5.41, 5.74) is 2.76. The largest absolute Gasteiger partial charge is 0.380 e. The molecule has 2 rings (SSSR count). The third-order valence-electron chi connectivity index (χ3n) is 3.34. The zero-order valence-electron chi connectivity index (χ0n) is 12.3. The van der Waals surface area contributed by atoms with Crippen molar-refractivity contribution in [1.82, 2.24) is 4.98 Å². The first-order valence-corrected chi connectivity index (χ1v) is 7.42. The van der Waals surface area contributed by atoms with E-state index in [1.54, 1.807) is 11.3 Å². The summed E-state index contributed by atoms with van der Waals surface area (Å²) in [5.74, 6) is 0. The molecule has 20 heavy (non-hydrogen) atoms. The molecule has 2 aromatic rings. The van der Waals surface area contributed by atoms with E-state index in [1.165, 1.54) is 4.88 Å². The minimum Gasteiger partial charge on any atom is -0.380 e. The van der Waals surface area contributed by atoms with E-state index in [1.807, 2.05) is 52.0 Å². The van der Waals surface area contributed by atoms with Gasteiger partial charge in [-0.05, 0) is 45.4 Å². The van der Waals surface area contributed by atoms with Crippen molar-refractivity contribution in [1.29, 1.82) is 5.26 Å². The van der Waals surface area contributed by atoms with Crippen LogP contribution in [-0.4, -0.2) is 4.98 Å². The van der Waals surface area contributed by atoms with E-state index in [-0.39, 0.29) is 0 Å². The first kappa shape index (κ1) is 14.5. The lowest BCUT2D eigenvalue weighted by atomic mass is 9.86. The van der Waals surface area contributed by atoms with Crippen LogP contribution in [0.5, 0.6) is 0 Å². The zero-order chi connectivity index (χ0) is 14.8. The first-order chi connectivity index (χ1) is 9.42. The minimum absolute atomic E-state index is 0.441. The number of anilines is 1. The lowest BCUT2D eigenvalue weighted by Gasteiger charge is -2.16. The molecule has 0 unspecified atom stereocenters. The molecular formula is C16H19N3S. The second-order valence-electron chi connectivity index (χ2n) is 5.41. The first-order valence-electron chi connectivity index (χ1n) is 6.61. The lowest BCUT2D eigenvalue weighted by molar-refractivity contribution is 0.687. The molecule has 1 aromatic carbocycles. The molecule has 104 valence electrons. The Morgan fingerprint density at radius 3 is 2.40 bits per heavy atom. The van der Waals surface area contributed by atoms with Crippen molar-refractivity contribution in [3.8, 4) is 6.07 Å². The number of thiazole rings is 1. The van der Waals surface area contributed by atoms with Crippen molar-refractivity contribution in [3.05, 3.63) is 45.4 Å². The molecule has 3 nitrogen and oxygen atoms in total. The van der Waals surface area contributed by atoms with Crippen molar-refractivity contribution < 1.29 is 0 Å². The number of aryl methyl sites for hydroxylation is 2. The lowest BCUT2D eigenvalue weighted by Crippen LogP contribution is -2.13. The fourth-order valence-corrected chi connectivity index (χ4v) is 2.87. The molecule has 1 aromatic heterocycles. The Bertz CT molecular complexity index is 633. The van der Waals surface area contributed by atoms with Gasteiger partial charge in [-0.15, -0.1) is 11.3 Å².